The molecule has 3 rings (SSSR count). The molecular formula is C22H29N7O. The lowest BCUT2D eigenvalue weighted by Crippen LogP contribution is -2.33. The first-order valence-electron chi connectivity index (χ1n) is 9.75. The van der Waals surface area contributed by atoms with E-state index in [0.29, 0.717) is 29.1 Å². The van der Waals surface area contributed by atoms with Crippen LogP contribution >= 0.6 is 0 Å². The van der Waals surface area contributed by atoms with Crippen LogP contribution in [0.25, 0.3) is 11.3 Å². The van der Waals surface area contributed by atoms with Gasteiger partial charge in [-0.25, -0.2) is 10.8 Å². The average Bonchev–Trinajstić information content (AvgIpc) is 3.11. The Bertz CT molecular complexity index is 1070. The first kappa shape index (κ1) is 21.4. The summed E-state index contributed by atoms with van der Waals surface area (Å²) in [5.41, 5.74) is 11.3. The monoisotopic (exact) mass is 407 g/mol. The minimum atomic E-state index is -0.205. The Kier molecular flexibility index (Phi) is 6.39. The molecule has 0 saturated heterocycles. The number of nitrogens with zero attached hydrogens (tertiary/aromatic N) is 4. The molecule has 3 aromatic rings. The van der Waals surface area contributed by atoms with Crippen molar-refractivity contribution in [2.24, 2.45) is 11.6 Å². The van der Waals surface area contributed by atoms with Crippen LogP contribution in [0.4, 0.5) is 5.69 Å². The molecule has 5 N–H and O–H groups in total. The van der Waals surface area contributed by atoms with E-state index in [1.165, 1.54) is 0 Å². The van der Waals surface area contributed by atoms with Gasteiger partial charge in [-0.2, -0.15) is 0 Å². The molecule has 2 aromatic heterocycles. The second kappa shape index (κ2) is 8.98. The van der Waals surface area contributed by atoms with Crippen molar-refractivity contribution in [2.75, 3.05) is 32.5 Å². The summed E-state index contributed by atoms with van der Waals surface area (Å²) in [5, 5.41) is 4.49. The molecule has 1 aromatic carbocycles. The molecule has 0 aliphatic carbocycles. The Balaban J connectivity index is 1.71. The molecule has 0 unspecified atom stereocenters. The number of carbonyl (C=O) groups is 1. The van der Waals surface area contributed by atoms with Crippen LogP contribution < -0.4 is 16.9 Å². The van der Waals surface area contributed by atoms with Crippen molar-refractivity contribution in [1.29, 1.82) is 0 Å². The van der Waals surface area contributed by atoms with Gasteiger partial charge in [-0.1, -0.05) is 12.1 Å². The van der Waals surface area contributed by atoms with Gasteiger partial charge in [-0.05, 0) is 57.8 Å². The van der Waals surface area contributed by atoms with E-state index in [4.69, 9.17) is 11.6 Å². The number of likely N-dealkylation sites (N-methyl/N-ethyl adjacent to an activating group) is 1. The topological polar surface area (TPSA) is 105 Å². The molecule has 8 heteroatoms. The van der Waals surface area contributed by atoms with E-state index >= 15 is 0 Å². The number of aryl methyl sites for hydroxylation is 2. The lowest BCUT2D eigenvalue weighted by molar-refractivity contribution is 0.102. The highest BCUT2D eigenvalue weighted by Crippen LogP contribution is 2.18. The van der Waals surface area contributed by atoms with Crippen LogP contribution in [0.3, 0.4) is 0 Å². The summed E-state index contributed by atoms with van der Waals surface area (Å²) in [7, 11) is 3.98. The standard InChI is InChI=1S/C22H29N7O/c1-15-13-16(2)29-10-9-19(21(29)25-15)22(30)26-18-7-5-17(6-8-18)20(23)14-28(24)12-11-27(3)4/h5-10,13-14H,11-12,23-24H2,1-4H3,(H,26,30)/b20-14-. The number of benzene rings is 1. The minimum absolute atomic E-state index is 0.205. The maximum absolute atomic E-state index is 12.8. The van der Waals surface area contributed by atoms with E-state index in [-0.39, 0.29) is 5.91 Å². The summed E-state index contributed by atoms with van der Waals surface area (Å²) < 4.78 is 1.91. The Hall–Kier alpha value is -3.36. The molecule has 0 fully saturated rings. The molecule has 8 nitrogen and oxygen atoms in total. The zero-order chi connectivity index (χ0) is 21.8. The smallest absolute Gasteiger partial charge is 0.259 e. The fourth-order valence-corrected chi connectivity index (χ4v) is 3.15. The van der Waals surface area contributed by atoms with Crippen molar-refractivity contribution in [3.8, 4) is 0 Å². The Labute approximate surface area is 176 Å². The predicted octanol–water partition coefficient (Wildman–Crippen LogP) is 2.20. The summed E-state index contributed by atoms with van der Waals surface area (Å²) in [4.78, 5) is 19.3. The summed E-state index contributed by atoms with van der Waals surface area (Å²) in [5.74, 6) is 5.76. The number of hydrazine groups is 1. The molecule has 2 heterocycles. The molecule has 0 radical (unpaired) electrons. The minimum Gasteiger partial charge on any atom is -0.397 e. The highest BCUT2D eigenvalue weighted by molar-refractivity contribution is 6.08. The third-order valence-electron chi connectivity index (χ3n) is 4.77. The van der Waals surface area contributed by atoms with E-state index < -0.39 is 0 Å². The van der Waals surface area contributed by atoms with Gasteiger partial charge in [0.05, 0.1) is 11.3 Å². The van der Waals surface area contributed by atoms with Gasteiger partial charge >= 0.3 is 0 Å². The number of hydrogen-bond donors (Lipinski definition) is 3. The maximum atomic E-state index is 12.8. The van der Waals surface area contributed by atoms with Crippen molar-refractivity contribution in [3.63, 3.8) is 0 Å². The fraction of sp³-hybridized carbons (Fsp3) is 0.273. The van der Waals surface area contributed by atoms with Gasteiger partial charge in [0.2, 0.25) is 0 Å². The van der Waals surface area contributed by atoms with Gasteiger partial charge in [-0.15, -0.1) is 0 Å². The van der Waals surface area contributed by atoms with Crippen LogP contribution in [-0.4, -0.2) is 52.4 Å². The molecule has 0 saturated carbocycles. The lowest BCUT2D eigenvalue weighted by Gasteiger charge is -2.18. The second-order valence-corrected chi connectivity index (χ2v) is 7.62. The molecule has 0 spiro atoms. The molecule has 0 aliphatic heterocycles. The molecule has 158 valence electrons. The van der Waals surface area contributed by atoms with Crippen LogP contribution in [-0.2, 0) is 0 Å². The first-order valence-corrected chi connectivity index (χ1v) is 9.75. The van der Waals surface area contributed by atoms with Crippen LogP contribution in [0.15, 0.2) is 48.8 Å². The largest absolute Gasteiger partial charge is 0.397 e. The van der Waals surface area contributed by atoms with E-state index in [2.05, 4.69) is 10.3 Å². The zero-order valence-electron chi connectivity index (χ0n) is 17.9. The Morgan fingerprint density at radius 1 is 1.17 bits per heavy atom. The van der Waals surface area contributed by atoms with Crippen LogP contribution in [0.5, 0.6) is 0 Å². The molecule has 0 aliphatic rings. The molecular weight excluding hydrogens is 378 g/mol. The van der Waals surface area contributed by atoms with Crippen molar-refractivity contribution in [1.82, 2.24) is 19.3 Å². The first-order chi connectivity index (χ1) is 14.2. The van der Waals surface area contributed by atoms with Gasteiger partial charge in [0.25, 0.3) is 5.91 Å². The number of fused-ring (bicyclic) bond motifs is 1. The summed E-state index contributed by atoms with van der Waals surface area (Å²) >= 11 is 0. The predicted molar refractivity (Wildman–Crippen MR) is 121 cm³/mol. The summed E-state index contributed by atoms with van der Waals surface area (Å²) in [6.45, 7) is 5.40. The number of hydrogen-bond acceptors (Lipinski definition) is 6. The Morgan fingerprint density at radius 2 is 1.87 bits per heavy atom. The number of carbonyl (C=O) groups excluding carboxylic acids is 1. The van der Waals surface area contributed by atoms with Crippen molar-refractivity contribution >= 4 is 22.9 Å². The summed E-state index contributed by atoms with van der Waals surface area (Å²) in [6.07, 6.45) is 3.57. The van der Waals surface area contributed by atoms with E-state index in [1.54, 1.807) is 17.3 Å². The van der Waals surface area contributed by atoms with Crippen LogP contribution in [0, 0.1) is 13.8 Å². The number of nitrogens with one attached hydrogen (secondary N) is 1. The third-order valence-corrected chi connectivity index (χ3v) is 4.77. The highest BCUT2D eigenvalue weighted by atomic mass is 16.1. The second-order valence-electron chi connectivity index (χ2n) is 7.62. The van der Waals surface area contributed by atoms with E-state index in [0.717, 1.165) is 23.5 Å². The molecule has 0 atom stereocenters. The Morgan fingerprint density at radius 3 is 2.53 bits per heavy atom. The zero-order valence-corrected chi connectivity index (χ0v) is 17.9. The number of anilines is 1. The SMILES string of the molecule is Cc1cc(C)n2ccc(C(=O)Nc3ccc(/C(N)=C/N(N)CCN(C)C)cc3)c2n1. The van der Waals surface area contributed by atoms with Crippen LogP contribution in [0.2, 0.25) is 0 Å². The third kappa shape index (κ3) is 4.97. The highest BCUT2D eigenvalue weighted by Gasteiger charge is 2.14. The van der Waals surface area contributed by atoms with Gasteiger partial charge in [0.1, 0.15) is 5.65 Å². The van der Waals surface area contributed by atoms with E-state index in [9.17, 15) is 4.79 Å². The quantitative estimate of drug-likeness (QED) is 0.410. The number of rotatable bonds is 7. The van der Waals surface area contributed by atoms with Gasteiger partial charge in [0.15, 0.2) is 0 Å². The van der Waals surface area contributed by atoms with Crippen molar-refractivity contribution in [3.05, 3.63) is 71.3 Å². The average molecular weight is 408 g/mol. The van der Waals surface area contributed by atoms with E-state index in [1.807, 2.05) is 73.8 Å². The van der Waals surface area contributed by atoms with Crippen molar-refractivity contribution < 1.29 is 4.79 Å². The normalized spacial score (nSPS) is 11.9. The number of aromatic nitrogens is 2. The lowest BCUT2D eigenvalue weighted by atomic mass is 10.1. The molecule has 0 bridgehead atoms. The van der Waals surface area contributed by atoms with Gasteiger partial charge in [-0.3, -0.25) is 4.79 Å². The van der Waals surface area contributed by atoms with Crippen LogP contribution in [0.1, 0.15) is 27.3 Å². The van der Waals surface area contributed by atoms with Crippen molar-refractivity contribution in [2.45, 2.75) is 13.8 Å². The maximum Gasteiger partial charge on any atom is 0.259 e. The number of nitrogens with two attached hydrogens (primary N) is 2. The molecule has 30 heavy (non-hydrogen) atoms. The molecule has 1 amide bonds. The fourth-order valence-electron chi connectivity index (χ4n) is 3.15. The number of amides is 1. The van der Waals surface area contributed by atoms with Gasteiger partial charge < -0.3 is 25.4 Å². The van der Waals surface area contributed by atoms with Gasteiger partial charge in [0, 0.05) is 42.6 Å². The summed E-state index contributed by atoms with van der Waals surface area (Å²) in [6, 6.07) is 11.1.